The van der Waals surface area contributed by atoms with Gasteiger partial charge in [-0.05, 0) is 52.6 Å². The second-order valence-electron chi connectivity index (χ2n) is 6.87. The second-order valence-corrected chi connectivity index (χ2v) is 6.87. The van der Waals surface area contributed by atoms with Crippen molar-refractivity contribution >= 4 is 40.1 Å². The number of nitrogens with zero attached hydrogens (tertiary/aromatic N) is 4. The first-order chi connectivity index (χ1) is 15.5. The van der Waals surface area contributed by atoms with Gasteiger partial charge in [0.15, 0.2) is 18.1 Å². The van der Waals surface area contributed by atoms with Crippen LogP contribution in [0.1, 0.15) is 11.4 Å². The van der Waals surface area contributed by atoms with Crippen molar-refractivity contribution < 1.29 is 18.7 Å². The van der Waals surface area contributed by atoms with Crippen LogP contribution >= 0.6 is 0 Å². The molecule has 160 valence electrons. The molecule has 0 radical (unpaired) electrons. The molecule has 1 aromatic heterocycles. The summed E-state index contributed by atoms with van der Waals surface area (Å²) in [5.74, 6) is -1.48. The minimum absolute atomic E-state index is 0.0592. The molecular formula is C23H18FN5O3. The van der Waals surface area contributed by atoms with Gasteiger partial charge in [-0.15, -0.1) is 5.10 Å². The lowest BCUT2D eigenvalue weighted by Crippen LogP contribution is -2.23. The Bertz CT molecular complexity index is 1330. The molecule has 3 aromatic carbocycles. The highest BCUT2D eigenvalue weighted by Crippen LogP contribution is 2.23. The lowest BCUT2D eigenvalue weighted by molar-refractivity contribution is -0.141. The highest BCUT2D eigenvalue weighted by molar-refractivity contribution is 6.16. The molecule has 9 heteroatoms. The minimum Gasteiger partial charge on any atom is -0.451 e. The Morgan fingerprint density at radius 1 is 1.09 bits per heavy atom. The third kappa shape index (κ3) is 4.67. The predicted octanol–water partition coefficient (Wildman–Crippen LogP) is 3.45. The average Bonchev–Trinajstić information content (AvgIpc) is 3.21. The number of carbonyl (C=O) groups is 2. The first kappa shape index (κ1) is 20.9. The van der Waals surface area contributed by atoms with Crippen LogP contribution in [0.15, 0.2) is 66.7 Å². The molecule has 1 N–H and O–H groups in total. The largest absolute Gasteiger partial charge is 0.451 e. The van der Waals surface area contributed by atoms with Crippen LogP contribution in [0.25, 0.3) is 22.5 Å². The Balaban J connectivity index is 1.51. The van der Waals surface area contributed by atoms with Crippen LogP contribution in [0.3, 0.4) is 0 Å². The van der Waals surface area contributed by atoms with Crippen molar-refractivity contribution in [3.63, 3.8) is 0 Å². The molecule has 4 aromatic rings. The zero-order chi connectivity index (χ0) is 22.5. The summed E-state index contributed by atoms with van der Waals surface area (Å²) in [6, 6.07) is 18.8. The average molecular weight is 431 g/mol. The van der Waals surface area contributed by atoms with Gasteiger partial charge in [0.1, 0.15) is 5.82 Å². The second kappa shape index (κ2) is 9.17. The molecular weight excluding hydrogens is 413 g/mol. The van der Waals surface area contributed by atoms with Crippen LogP contribution in [0.4, 0.5) is 10.1 Å². The number of benzene rings is 3. The number of esters is 1. The van der Waals surface area contributed by atoms with Gasteiger partial charge in [0, 0.05) is 11.1 Å². The number of aryl methyl sites for hydroxylation is 1. The van der Waals surface area contributed by atoms with Gasteiger partial charge in [-0.3, -0.25) is 4.79 Å². The number of aromatic nitrogens is 4. The van der Waals surface area contributed by atoms with Crippen molar-refractivity contribution in [1.29, 1.82) is 0 Å². The molecule has 1 amide bonds. The van der Waals surface area contributed by atoms with E-state index in [1.165, 1.54) is 24.3 Å². The van der Waals surface area contributed by atoms with Crippen LogP contribution in [0.5, 0.6) is 0 Å². The summed E-state index contributed by atoms with van der Waals surface area (Å²) in [6.45, 7) is 1.07. The van der Waals surface area contributed by atoms with E-state index in [0.29, 0.717) is 17.1 Å². The van der Waals surface area contributed by atoms with Crippen LogP contribution in [0, 0.1) is 12.7 Å². The molecule has 0 saturated heterocycles. The number of amides is 1. The van der Waals surface area contributed by atoms with Gasteiger partial charge in [0.05, 0.1) is 0 Å². The topological polar surface area (TPSA) is 99.0 Å². The molecule has 0 aliphatic rings. The number of rotatable bonds is 6. The number of carbonyl (C=O) groups excluding carboxylic acids is 2. The Kier molecular flexibility index (Phi) is 5.98. The molecule has 0 saturated carbocycles. The smallest absolute Gasteiger partial charge is 0.357 e. The first-order valence-electron chi connectivity index (χ1n) is 9.68. The van der Waals surface area contributed by atoms with E-state index in [-0.39, 0.29) is 5.70 Å². The standard InChI is InChI=1S/C23H18FN5O3/c1-15-26-27-28-29(15)21(13-16-6-4-9-18(24)12-16)23(31)32-14-22(30)25-20-11-5-8-17-7-2-3-10-19(17)20/h2-13H,14H2,1H3,(H,25,30)/b21-13+. The molecule has 8 nitrogen and oxygen atoms in total. The maximum atomic E-state index is 13.6. The summed E-state index contributed by atoms with van der Waals surface area (Å²) in [5, 5.41) is 15.6. The van der Waals surface area contributed by atoms with E-state index < -0.39 is 24.3 Å². The van der Waals surface area contributed by atoms with Gasteiger partial charge in [-0.1, -0.05) is 48.5 Å². The van der Waals surface area contributed by atoms with E-state index in [0.717, 1.165) is 15.5 Å². The monoisotopic (exact) mass is 431 g/mol. The molecule has 0 aliphatic heterocycles. The van der Waals surface area contributed by atoms with Gasteiger partial charge in [-0.2, -0.15) is 4.68 Å². The molecule has 0 unspecified atom stereocenters. The van der Waals surface area contributed by atoms with Crippen molar-refractivity contribution in [3.05, 3.63) is 83.9 Å². The molecule has 0 fully saturated rings. The van der Waals surface area contributed by atoms with Crippen LogP contribution in [-0.2, 0) is 14.3 Å². The molecule has 0 atom stereocenters. The SMILES string of the molecule is Cc1nnnn1/C(=C/c1cccc(F)c1)C(=O)OCC(=O)Nc1cccc2ccccc12. The van der Waals surface area contributed by atoms with Gasteiger partial charge in [-0.25, -0.2) is 9.18 Å². The Hall–Kier alpha value is -4.40. The van der Waals surface area contributed by atoms with E-state index in [1.54, 1.807) is 19.1 Å². The Morgan fingerprint density at radius 3 is 2.66 bits per heavy atom. The van der Waals surface area contributed by atoms with Gasteiger partial charge >= 0.3 is 5.97 Å². The number of halogens is 1. The first-order valence-corrected chi connectivity index (χ1v) is 9.68. The highest BCUT2D eigenvalue weighted by Gasteiger charge is 2.19. The van der Waals surface area contributed by atoms with Gasteiger partial charge < -0.3 is 10.1 Å². The fourth-order valence-corrected chi connectivity index (χ4v) is 3.14. The fourth-order valence-electron chi connectivity index (χ4n) is 3.14. The molecule has 1 heterocycles. The number of tetrazole rings is 1. The highest BCUT2D eigenvalue weighted by atomic mass is 19.1. The summed E-state index contributed by atoms with van der Waals surface area (Å²) in [6.07, 6.45) is 1.39. The van der Waals surface area contributed by atoms with E-state index >= 15 is 0 Å². The summed E-state index contributed by atoms with van der Waals surface area (Å²) < 4.78 is 19.9. The lowest BCUT2D eigenvalue weighted by Gasteiger charge is -2.11. The third-order valence-electron chi connectivity index (χ3n) is 4.61. The molecule has 32 heavy (non-hydrogen) atoms. The number of fused-ring (bicyclic) bond motifs is 1. The van der Waals surface area contributed by atoms with Crippen LogP contribution in [-0.4, -0.2) is 38.7 Å². The van der Waals surface area contributed by atoms with Crippen molar-refractivity contribution in [2.45, 2.75) is 6.92 Å². The molecule has 0 aliphatic carbocycles. The van der Waals surface area contributed by atoms with Crippen molar-refractivity contribution in [3.8, 4) is 0 Å². The fraction of sp³-hybridized carbons (Fsp3) is 0.0870. The van der Waals surface area contributed by atoms with E-state index in [4.69, 9.17) is 4.74 Å². The zero-order valence-corrected chi connectivity index (χ0v) is 17.0. The predicted molar refractivity (Wildman–Crippen MR) is 117 cm³/mol. The number of hydrogen-bond acceptors (Lipinski definition) is 6. The van der Waals surface area contributed by atoms with Crippen molar-refractivity contribution in [2.24, 2.45) is 0 Å². The van der Waals surface area contributed by atoms with Crippen molar-refractivity contribution in [1.82, 2.24) is 20.2 Å². The summed E-state index contributed by atoms with van der Waals surface area (Å²) >= 11 is 0. The lowest BCUT2D eigenvalue weighted by atomic mass is 10.1. The normalized spacial score (nSPS) is 11.4. The summed E-state index contributed by atoms with van der Waals surface area (Å²) in [5.41, 5.74) is 0.958. The number of nitrogens with one attached hydrogen (secondary N) is 1. The molecule has 0 spiro atoms. The van der Waals surface area contributed by atoms with E-state index in [1.807, 2.05) is 36.4 Å². The van der Waals surface area contributed by atoms with Crippen molar-refractivity contribution in [2.75, 3.05) is 11.9 Å². The zero-order valence-electron chi connectivity index (χ0n) is 17.0. The number of ether oxygens (including phenoxy) is 1. The van der Waals surface area contributed by atoms with E-state index in [2.05, 4.69) is 20.8 Å². The maximum absolute atomic E-state index is 13.6. The summed E-state index contributed by atoms with van der Waals surface area (Å²) in [4.78, 5) is 25.2. The van der Waals surface area contributed by atoms with Gasteiger partial charge in [0.25, 0.3) is 5.91 Å². The number of hydrogen-bond donors (Lipinski definition) is 1. The maximum Gasteiger partial charge on any atom is 0.357 e. The van der Waals surface area contributed by atoms with E-state index in [9.17, 15) is 14.0 Å². The Labute approximate surface area is 182 Å². The van der Waals surface area contributed by atoms with Crippen LogP contribution in [0.2, 0.25) is 0 Å². The number of anilines is 1. The van der Waals surface area contributed by atoms with Crippen LogP contribution < -0.4 is 5.32 Å². The third-order valence-corrected chi connectivity index (χ3v) is 4.61. The molecule has 0 bridgehead atoms. The van der Waals surface area contributed by atoms with Gasteiger partial charge in [0.2, 0.25) is 0 Å². The minimum atomic E-state index is -0.835. The Morgan fingerprint density at radius 2 is 1.88 bits per heavy atom. The summed E-state index contributed by atoms with van der Waals surface area (Å²) in [7, 11) is 0. The quantitative estimate of drug-likeness (QED) is 0.371. The molecule has 4 rings (SSSR count).